The first-order valence-electron chi connectivity index (χ1n) is 6.38. The molecule has 1 fully saturated rings. The molecule has 0 aromatic rings. The molecule has 0 spiro atoms. The van der Waals surface area contributed by atoms with Crippen LogP contribution < -0.4 is 10.6 Å². The molecule has 1 saturated carbocycles. The summed E-state index contributed by atoms with van der Waals surface area (Å²) in [6.45, 7) is 6.01. The molecule has 1 rings (SSSR count). The monoisotopic (exact) mass is 228 g/mol. The van der Waals surface area contributed by atoms with E-state index < -0.39 is 0 Å². The van der Waals surface area contributed by atoms with E-state index in [2.05, 4.69) is 17.6 Å². The fourth-order valence-electron chi connectivity index (χ4n) is 2.22. The Morgan fingerprint density at radius 1 is 1.31 bits per heavy atom. The zero-order valence-corrected chi connectivity index (χ0v) is 10.4. The predicted octanol–water partition coefficient (Wildman–Crippen LogP) is 1.90. The Morgan fingerprint density at radius 3 is 2.75 bits per heavy atom. The highest BCUT2D eigenvalue weighted by Gasteiger charge is 2.19. The standard InChI is InChI=1S/C12H24N2O2/c1-3-16-12(15)14-9-8-13-11-7-5-4-6-10(11)2/h10-11,13H,3-9H2,1-2H3,(H,14,15). The number of carbonyl (C=O) groups is 1. The smallest absolute Gasteiger partial charge is 0.407 e. The van der Waals surface area contributed by atoms with E-state index >= 15 is 0 Å². The first kappa shape index (κ1) is 13.3. The third-order valence-electron chi connectivity index (χ3n) is 3.19. The third-order valence-corrected chi connectivity index (χ3v) is 3.19. The van der Waals surface area contributed by atoms with Crippen LogP contribution in [0.1, 0.15) is 39.5 Å². The average molecular weight is 228 g/mol. The summed E-state index contributed by atoms with van der Waals surface area (Å²) in [6, 6.07) is 0.623. The van der Waals surface area contributed by atoms with Crippen LogP contribution in [0.15, 0.2) is 0 Å². The van der Waals surface area contributed by atoms with Gasteiger partial charge in [-0.25, -0.2) is 4.79 Å². The number of alkyl carbamates (subject to hydrolysis) is 1. The number of ether oxygens (including phenoxy) is 1. The summed E-state index contributed by atoms with van der Waals surface area (Å²) in [7, 11) is 0. The van der Waals surface area contributed by atoms with E-state index in [1.165, 1.54) is 25.7 Å². The minimum atomic E-state index is -0.319. The molecule has 0 bridgehead atoms. The topological polar surface area (TPSA) is 50.4 Å². The largest absolute Gasteiger partial charge is 0.450 e. The average Bonchev–Trinajstić information content (AvgIpc) is 2.27. The van der Waals surface area contributed by atoms with Gasteiger partial charge in [-0.1, -0.05) is 19.8 Å². The van der Waals surface area contributed by atoms with Gasteiger partial charge in [0.25, 0.3) is 0 Å². The molecule has 94 valence electrons. The fourth-order valence-corrected chi connectivity index (χ4v) is 2.22. The highest BCUT2D eigenvalue weighted by Crippen LogP contribution is 2.23. The van der Waals surface area contributed by atoms with Gasteiger partial charge in [-0.15, -0.1) is 0 Å². The maximum Gasteiger partial charge on any atom is 0.407 e. The molecule has 0 radical (unpaired) electrons. The van der Waals surface area contributed by atoms with Gasteiger partial charge in [-0.05, 0) is 25.7 Å². The van der Waals surface area contributed by atoms with Gasteiger partial charge in [-0.2, -0.15) is 0 Å². The summed E-state index contributed by atoms with van der Waals surface area (Å²) in [4.78, 5) is 11.0. The van der Waals surface area contributed by atoms with Crippen LogP contribution in [-0.2, 0) is 4.74 Å². The van der Waals surface area contributed by atoms with Gasteiger partial charge in [-0.3, -0.25) is 0 Å². The molecule has 2 N–H and O–H groups in total. The molecule has 2 atom stereocenters. The summed E-state index contributed by atoms with van der Waals surface area (Å²) in [5.41, 5.74) is 0. The molecule has 1 amide bonds. The van der Waals surface area contributed by atoms with Crippen LogP contribution in [0.2, 0.25) is 0 Å². The Labute approximate surface area is 98.1 Å². The lowest BCUT2D eigenvalue weighted by atomic mass is 9.86. The van der Waals surface area contributed by atoms with Gasteiger partial charge in [0, 0.05) is 19.1 Å². The highest BCUT2D eigenvalue weighted by molar-refractivity contribution is 5.66. The number of nitrogens with one attached hydrogen (secondary N) is 2. The molecule has 1 aliphatic rings. The molecular formula is C12H24N2O2. The van der Waals surface area contributed by atoms with Crippen molar-refractivity contribution < 1.29 is 9.53 Å². The van der Waals surface area contributed by atoms with E-state index in [4.69, 9.17) is 4.74 Å². The van der Waals surface area contributed by atoms with Crippen LogP contribution in [0.5, 0.6) is 0 Å². The van der Waals surface area contributed by atoms with Crippen LogP contribution in [0.4, 0.5) is 4.79 Å². The minimum Gasteiger partial charge on any atom is -0.450 e. The molecule has 0 aromatic heterocycles. The van der Waals surface area contributed by atoms with E-state index in [1.807, 2.05) is 6.92 Å². The van der Waals surface area contributed by atoms with Crippen molar-refractivity contribution in [1.29, 1.82) is 0 Å². The Hall–Kier alpha value is -0.770. The molecule has 0 heterocycles. The lowest BCUT2D eigenvalue weighted by molar-refractivity contribution is 0.152. The maximum absolute atomic E-state index is 11.0. The van der Waals surface area contributed by atoms with Gasteiger partial charge >= 0.3 is 6.09 Å². The van der Waals surface area contributed by atoms with Gasteiger partial charge < -0.3 is 15.4 Å². The van der Waals surface area contributed by atoms with Gasteiger partial charge in [0.2, 0.25) is 0 Å². The Balaban J connectivity index is 2.03. The summed E-state index contributed by atoms with van der Waals surface area (Å²) >= 11 is 0. The van der Waals surface area contributed by atoms with Crippen LogP contribution in [0, 0.1) is 5.92 Å². The van der Waals surface area contributed by atoms with E-state index in [1.54, 1.807) is 0 Å². The summed E-state index contributed by atoms with van der Waals surface area (Å²) in [5, 5.41) is 6.21. The fraction of sp³-hybridized carbons (Fsp3) is 0.917. The van der Waals surface area contributed by atoms with Crippen molar-refractivity contribution in [3.63, 3.8) is 0 Å². The van der Waals surface area contributed by atoms with Crippen molar-refractivity contribution in [2.24, 2.45) is 5.92 Å². The first-order valence-corrected chi connectivity index (χ1v) is 6.38. The van der Waals surface area contributed by atoms with E-state index in [0.29, 0.717) is 19.2 Å². The summed E-state index contributed by atoms with van der Waals surface area (Å²) in [5.74, 6) is 0.761. The molecule has 4 heteroatoms. The third kappa shape index (κ3) is 4.84. The molecule has 2 unspecified atom stereocenters. The van der Waals surface area contributed by atoms with Crippen molar-refractivity contribution in [2.75, 3.05) is 19.7 Å². The zero-order valence-electron chi connectivity index (χ0n) is 10.4. The molecule has 0 aliphatic heterocycles. The van der Waals surface area contributed by atoms with Crippen LogP contribution in [-0.4, -0.2) is 31.8 Å². The van der Waals surface area contributed by atoms with Gasteiger partial charge in [0.05, 0.1) is 6.61 Å². The van der Waals surface area contributed by atoms with Gasteiger partial charge in [0.1, 0.15) is 0 Å². The highest BCUT2D eigenvalue weighted by atomic mass is 16.5. The van der Waals surface area contributed by atoms with E-state index in [9.17, 15) is 4.79 Å². The zero-order chi connectivity index (χ0) is 11.8. The van der Waals surface area contributed by atoms with Crippen LogP contribution in [0.25, 0.3) is 0 Å². The van der Waals surface area contributed by atoms with Crippen molar-refractivity contribution in [3.05, 3.63) is 0 Å². The number of carbonyl (C=O) groups excluding carboxylic acids is 1. The maximum atomic E-state index is 11.0. The minimum absolute atomic E-state index is 0.319. The molecule has 0 aromatic carbocycles. The Kier molecular flexibility index (Phi) is 6.23. The molecule has 16 heavy (non-hydrogen) atoms. The normalized spacial score (nSPS) is 25.1. The SMILES string of the molecule is CCOC(=O)NCCNC1CCCCC1C. The first-order chi connectivity index (χ1) is 7.74. The number of hydrogen-bond donors (Lipinski definition) is 2. The van der Waals surface area contributed by atoms with Crippen LogP contribution >= 0.6 is 0 Å². The quantitative estimate of drug-likeness (QED) is 0.707. The van der Waals surface area contributed by atoms with Crippen molar-refractivity contribution in [2.45, 2.75) is 45.6 Å². The molecule has 0 saturated heterocycles. The van der Waals surface area contributed by atoms with Crippen molar-refractivity contribution >= 4 is 6.09 Å². The lowest BCUT2D eigenvalue weighted by Crippen LogP contribution is -2.41. The van der Waals surface area contributed by atoms with E-state index in [-0.39, 0.29) is 6.09 Å². The lowest BCUT2D eigenvalue weighted by Gasteiger charge is -2.29. The summed E-state index contributed by atoms with van der Waals surface area (Å²) < 4.78 is 4.78. The second-order valence-corrected chi connectivity index (χ2v) is 4.47. The summed E-state index contributed by atoms with van der Waals surface area (Å²) in [6.07, 6.45) is 4.96. The number of hydrogen-bond acceptors (Lipinski definition) is 3. The van der Waals surface area contributed by atoms with Crippen molar-refractivity contribution in [3.8, 4) is 0 Å². The Bertz CT molecular complexity index is 209. The Morgan fingerprint density at radius 2 is 2.06 bits per heavy atom. The second-order valence-electron chi connectivity index (χ2n) is 4.47. The van der Waals surface area contributed by atoms with Crippen LogP contribution in [0.3, 0.4) is 0 Å². The molecule has 4 nitrogen and oxygen atoms in total. The molecule has 1 aliphatic carbocycles. The van der Waals surface area contributed by atoms with Crippen molar-refractivity contribution in [1.82, 2.24) is 10.6 Å². The molecular weight excluding hydrogens is 204 g/mol. The number of amides is 1. The van der Waals surface area contributed by atoms with Gasteiger partial charge in [0.15, 0.2) is 0 Å². The number of rotatable bonds is 5. The van der Waals surface area contributed by atoms with E-state index in [0.717, 1.165) is 12.5 Å². The second kappa shape index (κ2) is 7.49. The predicted molar refractivity (Wildman–Crippen MR) is 64.4 cm³/mol.